The predicted molar refractivity (Wildman–Crippen MR) is 105 cm³/mol. The van der Waals surface area contributed by atoms with Gasteiger partial charge in [0.05, 0.1) is 23.0 Å². The Balaban J connectivity index is 1.75. The number of nitrogens with one attached hydrogen (secondary N) is 1. The van der Waals surface area contributed by atoms with Crippen molar-refractivity contribution in [2.45, 2.75) is 6.10 Å². The standard InChI is InChI=1S/C17H16Cl2FN3O5S/c1-23-7-10(8-23)28-17-13(19)3-9(6-21-17)27-15-5-14(20)11(4-12(15)18)16(24)22-29(2,25)26/h3-6,10H,7-8H2,1-2H3,(H,22,24). The number of sulfonamides is 1. The molecule has 12 heteroatoms. The first-order valence-electron chi connectivity index (χ1n) is 8.21. The molecule has 0 spiro atoms. The van der Waals surface area contributed by atoms with E-state index in [4.69, 9.17) is 32.7 Å². The lowest BCUT2D eigenvalue weighted by Gasteiger charge is -2.35. The summed E-state index contributed by atoms with van der Waals surface area (Å²) < 4.78 is 49.4. The van der Waals surface area contributed by atoms with Gasteiger partial charge >= 0.3 is 0 Å². The van der Waals surface area contributed by atoms with E-state index >= 15 is 0 Å². The summed E-state index contributed by atoms with van der Waals surface area (Å²) in [7, 11) is -1.89. The van der Waals surface area contributed by atoms with Crippen LogP contribution in [0.4, 0.5) is 4.39 Å². The molecule has 1 aliphatic rings. The van der Waals surface area contributed by atoms with Crippen molar-refractivity contribution in [3.05, 3.63) is 45.8 Å². The van der Waals surface area contributed by atoms with E-state index in [2.05, 4.69) is 9.88 Å². The van der Waals surface area contributed by atoms with Crippen LogP contribution in [0.2, 0.25) is 10.0 Å². The Morgan fingerprint density at radius 1 is 1.28 bits per heavy atom. The van der Waals surface area contributed by atoms with Gasteiger partial charge in [0.1, 0.15) is 28.4 Å². The van der Waals surface area contributed by atoms with E-state index in [0.29, 0.717) is 0 Å². The van der Waals surface area contributed by atoms with Gasteiger partial charge in [-0.15, -0.1) is 0 Å². The third-order valence-corrected chi connectivity index (χ3v) is 4.99. The van der Waals surface area contributed by atoms with E-state index in [1.165, 1.54) is 12.3 Å². The highest BCUT2D eigenvalue weighted by Gasteiger charge is 2.26. The fraction of sp³-hybridized carbons (Fsp3) is 0.294. The third-order valence-electron chi connectivity index (χ3n) is 3.86. The molecule has 0 bridgehead atoms. The topological polar surface area (TPSA) is 97.8 Å². The molecule has 0 atom stereocenters. The van der Waals surface area contributed by atoms with Gasteiger partial charge in [0, 0.05) is 25.2 Å². The number of carbonyl (C=O) groups is 1. The monoisotopic (exact) mass is 463 g/mol. The number of amides is 1. The molecule has 1 saturated heterocycles. The number of ether oxygens (including phenoxy) is 2. The summed E-state index contributed by atoms with van der Waals surface area (Å²) in [5.41, 5.74) is -0.543. The number of carbonyl (C=O) groups excluding carboxylic acids is 1. The van der Waals surface area contributed by atoms with Gasteiger partial charge in [-0.3, -0.25) is 9.69 Å². The van der Waals surface area contributed by atoms with Crippen molar-refractivity contribution in [2.75, 3.05) is 26.4 Å². The summed E-state index contributed by atoms with van der Waals surface area (Å²) in [6.07, 6.45) is 2.11. The number of pyridine rings is 1. The van der Waals surface area contributed by atoms with Crippen molar-refractivity contribution in [2.24, 2.45) is 0 Å². The first kappa shape index (κ1) is 21.6. The molecule has 1 fully saturated rings. The molecule has 1 aliphatic heterocycles. The molecule has 2 heterocycles. The minimum atomic E-state index is -3.86. The highest BCUT2D eigenvalue weighted by atomic mass is 35.5. The summed E-state index contributed by atoms with van der Waals surface area (Å²) in [4.78, 5) is 18.0. The molecular formula is C17H16Cl2FN3O5S. The van der Waals surface area contributed by atoms with Gasteiger partial charge in [0.2, 0.25) is 15.9 Å². The molecule has 29 heavy (non-hydrogen) atoms. The SMILES string of the molecule is CN1CC(Oc2ncc(Oc3cc(F)c(C(=O)NS(C)(=O)=O)cc3Cl)cc2Cl)C1. The summed E-state index contributed by atoms with van der Waals surface area (Å²) in [5, 5.41) is 0.0943. The summed E-state index contributed by atoms with van der Waals surface area (Å²) in [6.45, 7) is 1.54. The lowest BCUT2D eigenvalue weighted by molar-refractivity contribution is 0.0356. The number of likely N-dealkylation sites (tertiary alicyclic amines) is 1. The Morgan fingerprint density at radius 3 is 2.55 bits per heavy atom. The maximum absolute atomic E-state index is 14.3. The van der Waals surface area contributed by atoms with Crippen LogP contribution < -0.4 is 14.2 Å². The number of rotatable bonds is 6. The Labute approximate surface area is 176 Å². The number of halogens is 3. The molecule has 0 saturated carbocycles. The second-order valence-corrected chi connectivity index (χ2v) is 9.05. The third kappa shape index (κ3) is 5.47. The van der Waals surface area contributed by atoms with Gasteiger partial charge in [-0.2, -0.15) is 0 Å². The molecular weight excluding hydrogens is 448 g/mol. The van der Waals surface area contributed by atoms with Crippen LogP contribution in [0.25, 0.3) is 0 Å². The lowest BCUT2D eigenvalue weighted by atomic mass is 10.2. The fourth-order valence-corrected chi connectivity index (χ4v) is 3.41. The summed E-state index contributed by atoms with van der Waals surface area (Å²) in [5.74, 6) is -1.85. The van der Waals surface area contributed by atoms with Crippen molar-refractivity contribution in [3.8, 4) is 17.4 Å². The second-order valence-electron chi connectivity index (χ2n) is 6.49. The van der Waals surface area contributed by atoms with E-state index < -0.39 is 27.3 Å². The van der Waals surface area contributed by atoms with E-state index in [1.807, 2.05) is 7.05 Å². The normalized spacial score (nSPS) is 14.9. The predicted octanol–water partition coefficient (Wildman–Crippen LogP) is 2.70. The zero-order valence-electron chi connectivity index (χ0n) is 15.3. The maximum Gasteiger partial charge on any atom is 0.267 e. The smallest absolute Gasteiger partial charge is 0.267 e. The summed E-state index contributed by atoms with van der Waals surface area (Å²) >= 11 is 12.2. The van der Waals surface area contributed by atoms with Crippen LogP contribution in [0.3, 0.4) is 0 Å². The number of hydrogen-bond acceptors (Lipinski definition) is 7. The lowest BCUT2D eigenvalue weighted by Crippen LogP contribution is -2.51. The zero-order valence-corrected chi connectivity index (χ0v) is 17.6. The molecule has 156 valence electrons. The molecule has 1 aromatic heterocycles. The molecule has 0 aliphatic carbocycles. The van der Waals surface area contributed by atoms with Crippen LogP contribution >= 0.6 is 23.2 Å². The Kier molecular flexibility index (Phi) is 6.18. The van der Waals surface area contributed by atoms with Gasteiger partial charge in [-0.25, -0.2) is 22.5 Å². The van der Waals surface area contributed by atoms with E-state index in [9.17, 15) is 17.6 Å². The molecule has 8 nitrogen and oxygen atoms in total. The van der Waals surface area contributed by atoms with E-state index in [-0.39, 0.29) is 33.5 Å². The molecule has 0 radical (unpaired) electrons. The van der Waals surface area contributed by atoms with Crippen molar-refractivity contribution in [1.29, 1.82) is 0 Å². The Hall–Kier alpha value is -2.14. The molecule has 2 aromatic rings. The number of nitrogens with zero attached hydrogens (tertiary/aromatic N) is 2. The number of hydrogen-bond donors (Lipinski definition) is 1. The number of benzene rings is 1. The van der Waals surface area contributed by atoms with E-state index in [0.717, 1.165) is 31.5 Å². The average molecular weight is 464 g/mol. The number of aromatic nitrogens is 1. The highest BCUT2D eigenvalue weighted by Crippen LogP contribution is 2.34. The van der Waals surface area contributed by atoms with Crippen LogP contribution in [0, 0.1) is 5.82 Å². The van der Waals surface area contributed by atoms with Crippen molar-refractivity contribution >= 4 is 39.1 Å². The van der Waals surface area contributed by atoms with E-state index in [1.54, 1.807) is 4.72 Å². The van der Waals surface area contributed by atoms with Crippen LogP contribution in [-0.2, 0) is 10.0 Å². The minimum absolute atomic E-state index is 0.00549. The fourth-order valence-electron chi connectivity index (χ4n) is 2.56. The first-order chi connectivity index (χ1) is 13.5. The van der Waals surface area contributed by atoms with Crippen molar-refractivity contribution < 1.29 is 27.1 Å². The van der Waals surface area contributed by atoms with Crippen molar-refractivity contribution in [1.82, 2.24) is 14.6 Å². The minimum Gasteiger partial charge on any atom is -0.471 e. The second kappa shape index (κ2) is 8.31. The van der Waals surface area contributed by atoms with Crippen LogP contribution in [0.1, 0.15) is 10.4 Å². The number of likely N-dealkylation sites (N-methyl/N-ethyl adjacent to an activating group) is 1. The van der Waals surface area contributed by atoms with Crippen LogP contribution in [0.15, 0.2) is 24.4 Å². The molecule has 3 rings (SSSR count). The van der Waals surface area contributed by atoms with Gasteiger partial charge in [0.15, 0.2) is 0 Å². The largest absolute Gasteiger partial charge is 0.471 e. The maximum atomic E-state index is 14.3. The summed E-state index contributed by atoms with van der Waals surface area (Å²) in [6, 6.07) is 3.26. The Bertz CT molecular complexity index is 1060. The zero-order chi connectivity index (χ0) is 21.3. The molecule has 1 N–H and O–H groups in total. The molecule has 1 amide bonds. The molecule has 0 unspecified atom stereocenters. The van der Waals surface area contributed by atoms with Gasteiger partial charge in [-0.1, -0.05) is 23.2 Å². The quantitative estimate of drug-likeness (QED) is 0.702. The highest BCUT2D eigenvalue weighted by molar-refractivity contribution is 7.89. The Morgan fingerprint density at radius 2 is 1.97 bits per heavy atom. The molecule has 1 aromatic carbocycles. The van der Waals surface area contributed by atoms with Crippen LogP contribution in [0.5, 0.6) is 17.4 Å². The van der Waals surface area contributed by atoms with Crippen LogP contribution in [-0.4, -0.2) is 56.7 Å². The van der Waals surface area contributed by atoms with Gasteiger partial charge in [-0.05, 0) is 13.1 Å². The van der Waals surface area contributed by atoms with Gasteiger partial charge in [0.25, 0.3) is 5.91 Å². The first-order valence-corrected chi connectivity index (χ1v) is 10.9. The van der Waals surface area contributed by atoms with Crippen molar-refractivity contribution in [3.63, 3.8) is 0 Å². The average Bonchev–Trinajstić information content (AvgIpc) is 2.57. The van der Waals surface area contributed by atoms with Gasteiger partial charge < -0.3 is 9.47 Å².